The molecule has 0 saturated heterocycles. The maximum Gasteiger partial charge on any atom is 0.490 e. The van der Waals surface area contributed by atoms with Crippen molar-refractivity contribution >= 4 is 28.8 Å². The van der Waals surface area contributed by atoms with Crippen LogP contribution in [0.2, 0.25) is 0 Å². The molecule has 0 aliphatic carbocycles. The Labute approximate surface area is 173 Å². The summed E-state index contributed by atoms with van der Waals surface area (Å²) in [4.78, 5) is 23.2. The maximum absolute atomic E-state index is 14.6. The topological polar surface area (TPSA) is 112 Å². The van der Waals surface area contributed by atoms with Gasteiger partial charge in [0, 0.05) is 13.5 Å². The van der Waals surface area contributed by atoms with Gasteiger partial charge in [-0.25, -0.2) is 14.2 Å². The molecule has 2 aromatic heterocycles. The summed E-state index contributed by atoms with van der Waals surface area (Å²) in [5.74, 6) is -2.34. The van der Waals surface area contributed by atoms with Crippen LogP contribution >= 0.6 is 0 Å². The highest BCUT2D eigenvalue weighted by Gasteiger charge is 2.40. The van der Waals surface area contributed by atoms with Crippen LogP contribution in [0.4, 0.5) is 29.3 Å². The molecule has 0 atom stereocenters. The standard InChI is InChI=1S/C19H17F4N5O3/c1-25-15-10-6-7-12(26-16(10)28-18(24)27-15)14-11(20)4-2-5-13(14)30-8-3-9-31-17(29)19(21,22)23/h2,4-7H,3,8-9H2,1H3,(H3,24,25,26,27,28). The summed E-state index contributed by atoms with van der Waals surface area (Å²) in [6.45, 7) is -0.617. The molecule has 3 aromatic rings. The van der Waals surface area contributed by atoms with Gasteiger partial charge in [0.2, 0.25) is 5.95 Å². The number of carbonyl (C=O) groups is 1. The Morgan fingerprint density at radius 1 is 1.13 bits per heavy atom. The van der Waals surface area contributed by atoms with Crippen LogP contribution in [0.15, 0.2) is 30.3 Å². The molecule has 0 aliphatic rings. The molecule has 1 aromatic carbocycles. The van der Waals surface area contributed by atoms with Gasteiger partial charge in [0.25, 0.3) is 0 Å². The predicted molar refractivity (Wildman–Crippen MR) is 104 cm³/mol. The van der Waals surface area contributed by atoms with E-state index in [0.29, 0.717) is 11.2 Å². The molecule has 3 rings (SSSR count). The molecule has 0 spiro atoms. The predicted octanol–water partition coefficient (Wildman–Crippen LogP) is 3.33. The number of hydrogen-bond acceptors (Lipinski definition) is 8. The lowest BCUT2D eigenvalue weighted by molar-refractivity contribution is -0.199. The smallest absolute Gasteiger partial charge is 0.490 e. The van der Waals surface area contributed by atoms with E-state index in [1.165, 1.54) is 18.2 Å². The fourth-order valence-corrected chi connectivity index (χ4v) is 2.72. The minimum atomic E-state index is -5.06. The molecular formula is C19H17F4N5O3. The Bertz CT molecular complexity index is 1110. The number of esters is 1. The van der Waals surface area contributed by atoms with Crippen molar-refractivity contribution in [3.05, 3.63) is 36.1 Å². The number of aromatic nitrogens is 3. The van der Waals surface area contributed by atoms with Gasteiger partial charge in [-0.15, -0.1) is 0 Å². The molecule has 8 nitrogen and oxygen atoms in total. The van der Waals surface area contributed by atoms with Gasteiger partial charge in [0.05, 0.1) is 29.9 Å². The number of fused-ring (bicyclic) bond motifs is 1. The minimum absolute atomic E-state index is 0.0140. The third kappa shape index (κ3) is 5.08. The van der Waals surface area contributed by atoms with Crippen molar-refractivity contribution < 1.29 is 31.8 Å². The molecule has 0 bridgehead atoms. The first kappa shape index (κ1) is 22.0. The molecule has 2 heterocycles. The summed E-state index contributed by atoms with van der Waals surface area (Å²) in [7, 11) is 1.66. The number of halogens is 4. The average molecular weight is 439 g/mol. The number of benzene rings is 1. The van der Waals surface area contributed by atoms with Gasteiger partial charge in [0.1, 0.15) is 17.4 Å². The number of nitrogen functional groups attached to an aromatic ring is 1. The number of rotatable bonds is 7. The van der Waals surface area contributed by atoms with Crippen LogP contribution in [0.3, 0.4) is 0 Å². The molecule has 3 N–H and O–H groups in total. The van der Waals surface area contributed by atoms with E-state index in [2.05, 4.69) is 25.0 Å². The number of carbonyl (C=O) groups excluding carboxylic acids is 1. The highest BCUT2D eigenvalue weighted by molar-refractivity contribution is 5.89. The lowest BCUT2D eigenvalue weighted by Crippen LogP contribution is -2.26. The highest BCUT2D eigenvalue weighted by atomic mass is 19.4. The number of hydrogen-bond donors (Lipinski definition) is 2. The lowest BCUT2D eigenvalue weighted by atomic mass is 10.1. The first-order valence-corrected chi connectivity index (χ1v) is 8.98. The third-order valence-corrected chi connectivity index (χ3v) is 4.06. The largest absolute Gasteiger partial charge is 0.493 e. The van der Waals surface area contributed by atoms with Crippen molar-refractivity contribution in [3.63, 3.8) is 0 Å². The monoisotopic (exact) mass is 439 g/mol. The van der Waals surface area contributed by atoms with E-state index < -0.39 is 24.6 Å². The number of pyridine rings is 1. The van der Waals surface area contributed by atoms with Gasteiger partial charge in [-0.1, -0.05) is 6.07 Å². The Morgan fingerprint density at radius 2 is 1.90 bits per heavy atom. The van der Waals surface area contributed by atoms with Crippen LogP contribution in [0.1, 0.15) is 6.42 Å². The van der Waals surface area contributed by atoms with E-state index in [1.807, 2.05) is 0 Å². The van der Waals surface area contributed by atoms with Gasteiger partial charge in [-0.2, -0.15) is 23.1 Å². The van der Waals surface area contributed by atoms with E-state index in [4.69, 9.17) is 10.5 Å². The van der Waals surface area contributed by atoms with Crippen molar-refractivity contribution in [1.82, 2.24) is 15.0 Å². The van der Waals surface area contributed by atoms with Gasteiger partial charge in [0.15, 0.2) is 5.65 Å². The number of anilines is 2. The average Bonchev–Trinajstić information content (AvgIpc) is 2.71. The fraction of sp³-hybridized carbons (Fsp3) is 0.263. The zero-order valence-corrected chi connectivity index (χ0v) is 16.2. The number of nitrogens with one attached hydrogen (secondary N) is 1. The van der Waals surface area contributed by atoms with Gasteiger partial charge < -0.3 is 20.5 Å². The van der Waals surface area contributed by atoms with E-state index in [1.54, 1.807) is 19.2 Å². The molecule has 164 valence electrons. The number of nitrogens with two attached hydrogens (primary N) is 1. The molecule has 0 fully saturated rings. The quantitative estimate of drug-likeness (QED) is 0.328. The second-order valence-electron chi connectivity index (χ2n) is 6.20. The molecule has 0 saturated carbocycles. The first-order valence-electron chi connectivity index (χ1n) is 8.98. The number of nitrogens with zero attached hydrogens (tertiary/aromatic N) is 3. The summed E-state index contributed by atoms with van der Waals surface area (Å²) in [6, 6.07) is 7.32. The Hall–Kier alpha value is -3.70. The van der Waals surface area contributed by atoms with Gasteiger partial charge in [-0.05, 0) is 24.3 Å². The van der Waals surface area contributed by atoms with Crippen molar-refractivity contribution in [2.24, 2.45) is 0 Å². The van der Waals surface area contributed by atoms with E-state index in [-0.39, 0.29) is 41.6 Å². The molecule has 31 heavy (non-hydrogen) atoms. The van der Waals surface area contributed by atoms with E-state index in [0.717, 1.165) is 0 Å². The number of ether oxygens (including phenoxy) is 2. The zero-order valence-electron chi connectivity index (χ0n) is 16.2. The summed E-state index contributed by atoms with van der Waals surface area (Å²) in [6.07, 6.45) is -5.09. The van der Waals surface area contributed by atoms with Crippen LogP contribution in [-0.4, -0.2) is 47.4 Å². The Morgan fingerprint density at radius 3 is 2.61 bits per heavy atom. The first-order chi connectivity index (χ1) is 14.7. The lowest BCUT2D eigenvalue weighted by Gasteiger charge is -2.13. The second kappa shape index (κ2) is 8.98. The van der Waals surface area contributed by atoms with Crippen molar-refractivity contribution in [3.8, 4) is 17.0 Å². The molecule has 0 radical (unpaired) electrons. The molecule has 12 heteroatoms. The van der Waals surface area contributed by atoms with Crippen molar-refractivity contribution in [1.29, 1.82) is 0 Å². The summed E-state index contributed by atoms with van der Waals surface area (Å²) >= 11 is 0. The molecule has 0 unspecified atom stereocenters. The van der Waals surface area contributed by atoms with Crippen molar-refractivity contribution in [2.75, 3.05) is 31.3 Å². The Balaban J connectivity index is 1.79. The van der Waals surface area contributed by atoms with Gasteiger partial charge in [-0.3, -0.25) is 0 Å². The van der Waals surface area contributed by atoms with Crippen molar-refractivity contribution in [2.45, 2.75) is 12.6 Å². The number of alkyl halides is 3. The Kier molecular flexibility index (Phi) is 6.37. The van der Waals surface area contributed by atoms with Crippen LogP contribution in [0, 0.1) is 5.82 Å². The third-order valence-electron chi connectivity index (χ3n) is 4.06. The summed E-state index contributed by atoms with van der Waals surface area (Å²) in [5, 5.41) is 3.45. The van der Waals surface area contributed by atoms with Crippen LogP contribution in [-0.2, 0) is 9.53 Å². The maximum atomic E-state index is 14.6. The minimum Gasteiger partial charge on any atom is -0.493 e. The summed E-state index contributed by atoms with van der Waals surface area (Å²) in [5.41, 5.74) is 6.18. The second-order valence-corrected chi connectivity index (χ2v) is 6.20. The van der Waals surface area contributed by atoms with E-state index >= 15 is 0 Å². The van der Waals surface area contributed by atoms with Crippen LogP contribution in [0.25, 0.3) is 22.3 Å². The zero-order chi connectivity index (χ0) is 22.6. The fourth-order valence-electron chi connectivity index (χ4n) is 2.72. The van der Waals surface area contributed by atoms with Crippen LogP contribution < -0.4 is 15.8 Å². The molecular weight excluding hydrogens is 422 g/mol. The highest BCUT2D eigenvalue weighted by Crippen LogP contribution is 2.33. The molecule has 0 amide bonds. The van der Waals surface area contributed by atoms with Gasteiger partial charge >= 0.3 is 12.1 Å². The summed E-state index contributed by atoms with van der Waals surface area (Å²) < 4.78 is 60.5. The van der Waals surface area contributed by atoms with E-state index in [9.17, 15) is 22.4 Å². The normalized spacial score (nSPS) is 11.4. The molecule has 0 aliphatic heterocycles. The SMILES string of the molecule is CNc1nc(N)nc2nc(-c3c(F)cccc3OCCCOC(=O)C(F)(F)F)ccc12. The van der Waals surface area contributed by atoms with Crippen LogP contribution in [0.5, 0.6) is 5.75 Å².